The molecule has 3 aromatic carbocycles. The highest BCUT2D eigenvalue weighted by Crippen LogP contribution is 2.45. The second-order valence-corrected chi connectivity index (χ2v) is 14.2. The minimum absolute atomic E-state index is 0.0347. The van der Waals surface area contributed by atoms with E-state index in [-0.39, 0.29) is 30.8 Å². The maximum Gasteiger partial charge on any atom is 0.334 e. The molecular formula is C40H51N3O5. The van der Waals surface area contributed by atoms with Crippen molar-refractivity contribution in [2.75, 3.05) is 13.1 Å². The summed E-state index contributed by atoms with van der Waals surface area (Å²) in [6, 6.07) is 27.6. The molecule has 3 aromatic rings. The normalized spacial score (nSPS) is 16.2. The van der Waals surface area contributed by atoms with E-state index < -0.39 is 29.6 Å². The molecule has 1 unspecified atom stereocenters. The van der Waals surface area contributed by atoms with Crippen molar-refractivity contribution in [1.29, 1.82) is 0 Å². The Hall–Kier alpha value is -4.27. The molecule has 1 aliphatic rings. The van der Waals surface area contributed by atoms with Gasteiger partial charge in [0.2, 0.25) is 11.8 Å². The molecule has 2 amide bonds. The maximum absolute atomic E-state index is 13.9. The Morgan fingerprint density at radius 3 is 1.92 bits per heavy atom. The fourth-order valence-corrected chi connectivity index (χ4v) is 5.81. The van der Waals surface area contributed by atoms with Crippen LogP contribution >= 0.6 is 0 Å². The van der Waals surface area contributed by atoms with E-state index >= 15 is 0 Å². The highest BCUT2D eigenvalue weighted by atomic mass is 16.5. The Balaban J connectivity index is 1.44. The summed E-state index contributed by atoms with van der Waals surface area (Å²) in [5, 5.41) is 20.5. The van der Waals surface area contributed by atoms with Crippen molar-refractivity contribution in [3.63, 3.8) is 0 Å². The Morgan fingerprint density at radius 1 is 0.792 bits per heavy atom. The molecule has 1 aliphatic carbocycles. The molecule has 0 saturated carbocycles. The first-order chi connectivity index (χ1) is 22.9. The number of hydrogen-bond acceptors (Lipinski definition) is 6. The van der Waals surface area contributed by atoms with Gasteiger partial charge in [-0.1, -0.05) is 126 Å². The van der Waals surface area contributed by atoms with Gasteiger partial charge in [-0.15, -0.1) is 0 Å². The predicted molar refractivity (Wildman–Crippen MR) is 189 cm³/mol. The monoisotopic (exact) mass is 653 g/mol. The number of carbonyl (C=O) groups excluding carboxylic acids is 3. The average Bonchev–Trinajstić information content (AvgIpc) is 3.73. The lowest BCUT2D eigenvalue weighted by molar-refractivity contribution is -0.140. The fraction of sp³-hybridized carbons (Fsp3) is 0.425. The Kier molecular flexibility index (Phi) is 13.1. The lowest BCUT2D eigenvalue weighted by Crippen LogP contribution is -2.58. The van der Waals surface area contributed by atoms with Gasteiger partial charge in [0.15, 0.2) is 0 Å². The van der Waals surface area contributed by atoms with Crippen LogP contribution in [-0.2, 0) is 38.6 Å². The van der Waals surface area contributed by atoms with Gasteiger partial charge in [-0.05, 0) is 53.0 Å². The van der Waals surface area contributed by atoms with Gasteiger partial charge in [-0.3, -0.25) is 9.59 Å². The van der Waals surface area contributed by atoms with Gasteiger partial charge in [0.25, 0.3) is 0 Å². The van der Waals surface area contributed by atoms with E-state index in [1.165, 1.54) is 0 Å². The molecule has 4 rings (SSSR count). The summed E-state index contributed by atoms with van der Waals surface area (Å²) in [5.74, 6) is -1.06. The van der Waals surface area contributed by atoms with E-state index in [4.69, 9.17) is 4.74 Å². The zero-order valence-corrected chi connectivity index (χ0v) is 28.9. The summed E-state index contributed by atoms with van der Waals surface area (Å²) in [5.41, 5.74) is 3.70. The van der Waals surface area contributed by atoms with E-state index in [2.05, 4.69) is 29.8 Å². The number of aliphatic hydroxyl groups excluding tert-OH is 1. The molecule has 4 N–H and O–H groups in total. The van der Waals surface area contributed by atoms with E-state index in [9.17, 15) is 19.5 Å². The lowest BCUT2D eigenvalue weighted by atomic mass is 9.85. The molecule has 4 atom stereocenters. The molecule has 0 heterocycles. The number of nitrogens with one attached hydrogen (secondary N) is 3. The largest absolute Gasteiger partial charge is 0.457 e. The second kappa shape index (κ2) is 17.2. The highest BCUT2D eigenvalue weighted by molar-refractivity contribution is 5.98. The molecule has 0 saturated heterocycles. The quantitative estimate of drug-likeness (QED) is 0.150. The summed E-state index contributed by atoms with van der Waals surface area (Å²) < 4.78 is 5.64. The Bertz CT molecular complexity index is 1520. The number of esters is 1. The molecule has 48 heavy (non-hydrogen) atoms. The molecule has 0 aliphatic heterocycles. The van der Waals surface area contributed by atoms with Crippen molar-refractivity contribution in [2.45, 2.75) is 78.7 Å². The van der Waals surface area contributed by atoms with Crippen molar-refractivity contribution in [1.82, 2.24) is 16.0 Å². The highest BCUT2D eigenvalue weighted by Gasteiger charge is 2.44. The number of benzene rings is 3. The molecule has 0 bridgehead atoms. The van der Waals surface area contributed by atoms with Crippen molar-refractivity contribution >= 4 is 17.8 Å². The standard InChI is InChI=1S/C40H51N3O5/c1-27(2)24-41-25-34(44)33(22-29-17-11-7-12-18-29)42-38(46)37(40(3,4)5)43-35(45)23-32-31(21-28-15-9-6-10-16-28)36(32)39(47)48-26-30-19-13-8-14-20-30/h6-20,27,32-34,37,41,44H,21-26H2,1-5H3,(H,42,46)(H,43,45)/t32?,33-,34+,37+/m0/s1. The fourth-order valence-electron chi connectivity index (χ4n) is 5.81. The summed E-state index contributed by atoms with van der Waals surface area (Å²) in [6.45, 7) is 11.1. The van der Waals surface area contributed by atoms with Gasteiger partial charge < -0.3 is 25.8 Å². The third-order valence-corrected chi connectivity index (χ3v) is 8.52. The lowest BCUT2D eigenvalue weighted by Gasteiger charge is -2.33. The van der Waals surface area contributed by atoms with Gasteiger partial charge in [0.05, 0.1) is 12.1 Å². The van der Waals surface area contributed by atoms with Crippen molar-refractivity contribution in [2.24, 2.45) is 17.3 Å². The second-order valence-electron chi connectivity index (χ2n) is 14.2. The van der Waals surface area contributed by atoms with Crippen LogP contribution in [0.4, 0.5) is 0 Å². The molecule has 0 spiro atoms. The van der Waals surface area contributed by atoms with Crippen LogP contribution in [0.2, 0.25) is 0 Å². The SMILES string of the molecule is CC(C)CNC[C@@H](O)[C@H](Cc1ccccc1)NC(=O)[C@@H](NC(=O)CC1C(Cc2ccccc2)=C1C(=O)OCc1ccccc1)C(C)(C)C. The number of ether oxygens (including phenoxy) is 1. The molecule has 0 radical (unpaired) electrons. The number of carbonyl (C=O) groups is 3. The first-order valence-electron chi connectivity index (χ1n) is 16.9. The smallest absolute Gasteiger partial charge is 0.334 e. The molecule has 0 fully saturated rings. The number of allylic oxidation sites excluding steroid dienone is 1. The number of rotatable bonds is 17. The first-order valence-corrected chi connectivity index (χ1v) is 16.9. The van der Waals surface area contributed by atoms with Gasteiger partial charge in [0, 0.05) is 24.5 Å². The van der Waals surface area contributed by atoms with E-state index in [1.807, 2.05) is 112 Å². The van der Waals surface area contributed by atoms with Gasteiger partial charge in [-0.25, -0.2) is 4.79 Å². The zero-order chi connectivity index (χ0) is 34.7. The van der Waals surface area contributed by atoms with E-state index in [0.29, 0.717) is 30.9 Å². The van der Waals surface area contributed by atoms with Crippen LogP contribution in [0.3, 0.4) is 0 Å². The molecular weight excluding hydrogens is 602 g/mol. The summed E-state index contributed by atoms with van der Waals surface area (Å²) in [7, 11) is 0. The average molecular weight is 654 g/mol. The predicted octanol–water partition coefficient (Wildman–Crippen LogP) is 5.15. The molecule has 0 aromatic heterocycles. The van der Waals surface area contributed by atoms with Crippen LogP contribution in [0, 0.1) is 17.3 Å². The minimum Gasteiger partial charge on any atom is -0.457 e. The molecule has 8 nitrogen and oxygen atoms in total. The maximum atomic E-state index is 13.9. The molecule has 8 heteroatoms. The first kappa shape index (κ1) is 36.6. The van der Waals surface area contributed by atoms with E-state index in [0.717, 1.165) is 28.8 Å². The van der Waals surface area contributed by atoms with Crippen molar-refractivity contribution in [3.8, 4) is 0 Å². The van der Waals surface area contributed by atoms with Crippen LogP contribution < -0.4 is 16.0 Å². The third-order valence-electron chi connectivity index (χ3n) is 8.52. The van der Waals surface area contributed by atoms with Crippen LogP contribution in [0.5, 0.6) is 0 Å². The Labute approximate surface area is 285 Å². The van der Waals surface area contributed by atoms with Crippen molar-refractivity contribution < 1.29 is 24.2 Å². The van der Waals surface area contributed by atoms with Gasteiger partial charge >= 0.3 is 5.97 Å². The van der Waals surface area contributed by atoms with Crippen LogP contribution in [0.15, 0.2) is 102 Å². The summed E-state index contributed by atoms with van der Waals surface area (Å²) >= 11 is 0. The van der Waals surface area contributed by atoms with Crippen LogP contribution in [0.25, 0.3) is 0 Å². The minimum atomic E-state index is -0.871. The van der Waals surface area contributed by atoms with Crippen LogP contribution in [-0.4, -0.2) is 54.2 Å². The van der Waals surface area contributed by atoms with E-state index in [1.54, 1.807) is 0 Å². The number of amides is 2. The van der Waals surface area contributed by atoms with Crippen molar-refractivity contribution in [3.05, 3.63) is 119 Å². The molecule has 256 valence electrons. The number of hydrogen-bond donors (Lipinski definition) is 4. The Morgan fingerprint density at radius 2 is 1.35 bits per heavy atom. The summed E-state index contributed by atoms with van der Waals surface area (Å²) in [6.07, 6.45) is 0.171. The van der Waals surface area contributed by atoms with Gasteiger partial charge in [0.1, 0.15) is 12.6 Å². The number of aliphatic hydroxyl groups is 1. The topological polar surface area (TPSA) is 117 Å². The van der Waals surface area contributed by atoms with Crippen LogP contribution in [0.1, 0.15) is 57.7 Å². The summed E-state index contributed by atoms with van der Waals surface area (Å²) in [4.78, 5) is 40.7. The zero-order valence-electron chi connectivity index (χ0n) is 28.9. The third kappa shape index (κ3) is 11.2. The van der Waals surface area contributed by atoms with Gasteiger partial charge in [-0.2, -0.15) is 0 Å².